The van der Waals surface area contributed by atoms with Crippen LogP contribution >= 0.6 is 11.3 Å². The summed E-state index contributed by atoms with van der Waals surface area (Å²) in [5.41, 5.74) is 0.335. The first-order valence-electron chi connectivity index (χ1n) is 9.56. The van der Waals surface area contributed by atoms with Gasteiger partial charge in [-0.15, -0.1) is 11.3 Å². The Hall–Kier alpha value is -3.39. The van der Waals surface area contributed by atoms with Gasteiger partial charge in [-0.05, 0) is 29.1 Å². The van der Waals surface area contributed by atoms with Crippen LogP contribution in [0.15, 0.2) is 66.1 Å². The lowest BCUT2D eigenvalue weighted by molar-refractivity contribution is -0.695. The Balaban J connectivity index is 1.69. The molecule has 1 saturated heterocycles. The fraction of sp³-hybridized carbons (Fsp3) is 0.227. The minimum absolute atomic E-state index is 0.00463. The molecule has 0 aliphatic carbocycles. The largest absolute Gasteiger partial charge is 0.872 e. The van der Waals surface area contributed by atoms with E-state index in [9.17, 15) is 14.7 Å². The maximum absolute atomic E-state index is 13.3. The molecule has 4 rings (SSSR count). The lowest BCUT2D eigenvalue weighted by Crippen LogP contribution is -2.35. The minimum atomic E-state index is -0.726. The van der Waals surface area contributed by atoms with E-state index in [-0.39, 0.29) is 5.57 Å². The van der Waals surface area contributed by atoms with Crippen LogP contribution in [0.1, 0.15) is 22.9 Å². The Morgan fingerprint density at radius 3 is 2.87 bits per heavy atom. The highest BCUT2D eigenvalue weighted by molar-refractivity contribution is 7.10. The van der Waals surface area contributed by atoms with Crippen LogP contribution in [0, 0.1) is 0 Å². The first-order valence-corrected chi connectivity index (χ1v) is 10.4. The van der Waals surface area contributed by atoms with E-state index in [1.165, 1.54) is 23.3 Å². The summed E-state index contributed by atoms with van der Waals surface area (Å²) >= 11 is 1.43. The molecule has 1 aliphatic rings. The molecule has 0 saturated carbocycles. The summed E-state index contributed by atoms with van der Waals surface area (Å²) in [5.74, 6) is -1.27. The van der Waals surface area contributed by atoms with Crippen LogP contribution in [0.5, 0.6) is 5.75 Å². The molecule has 1 aliphatic heterocycles. The van der Waals surface area contributed by atoms with Crippen molar-refractivity contribution in [1.82, 2.24) is 9.88 Å². The summed E-state index contributed by atoms with van der Waals surface area (Å²) in [6.07, 6.45) is 6.21. The number of aryl methyl sites for hydroxylation is 1. The van der Waals surface area contributed by atoms with Gasteiger partial charge in [0.25, 0.3) is 5.91 Å². The number of ether oxygens (including phenoxy) is 1. The number of thiophene rings is 1. The van der Waals surface area contributed by atoms with Crippen LogP contribution in [-0.2, 0) is 16.1 Å². The molecule has 1 amide bonds. The van der Waals surface area contributed by atoms with E-state index in [1.54, 1.807) is 24.3 Å². The van der Waals surface area contributed by atoms with Crippen molar-refractivity contribution in [2.24, 2.45) is 0 Å². The zero-order chi connectivity index (χ0) is 21.1. The van der Waals surface area contributed by atoms with Gasteiger partial charge in [-0.25, -0.2) is 4.57 Å². The molecule has 1 atom stereocenters. The van der Waals surface area contributed by atoms with Gasteiger partial charge in [-0.3, -0.25) is 14.6 Å². The third-order valence-corrected chi connectivity index (χ3v) is 6.02. The number of rotatable bonds is 7. The van der Waals surface area contributed by atoms with E-state index in [0.717, 1.165) is 4.88 Å². The van der Waals surface area contributed by atoms with Crippen molar-refractivity contribution in [3.05, 3.63) is 76.5 Å². The summed E-state index contributed by atoms with van der Waals surface area (Å²) < 4.78 is 7.16. The average Bonchev–Trinajstić information content (AvgIpc) is 3.52. The number of amides is 1. The van der Waals surface area contributed by atoms with Crippen LogP contribution in [0.2, 0.25) is 0 Å². The van der Waals surface area contributed by atoms with E-state index >= 15 is 0 Å². The number of benzene rings is 1. The molecule has 1 aromatic carbocycles. The molecule has 2 aromatic heterocycles. The summed E-state index contributed by atoms with van der Waals surface area (Å²) in [6.45, 7) is 1.07. The molecule has 1 fully saturated rings. The highest BCUT2D eigenvalue weighted by Gasteiger charge is 2.44. The normalized spacial score (nSPS) is 18.2. The SMILES string of the molecule is COc1cccc(C([O-])=C2C(=O)C(=O)N(CCC[n+]3cc[nH]c3)C2c2cccs2)c1. The number of nitrogens with zero attached hydrogens (tertiary/aromatic N) is 2. The number of nitrogens with one attached hydrogen (secondary N) is 1. The number of aromatic amines is 1. The lowest BCUT2D eigenvalue weighted by Gasteiger charge is -2.26. The predicted octanol–water partition coefficient (Wildman–Crippen LogP) is 1.69. The molecule has 30 heavy (non-hydrogen) atoms. The number of methoxy groups -OCH3 is 1. The second-order valence-corrected chi connectivity index (χ2v) is 7.90. The number of aromatic nitrogens is 2. The van der Waals surface area contributed by atoms with E-state index in [4.69, 9.17) is 4.74 Å². The quantitative estimate of drug-likeness (QED) is 0.271. The number of likely N-dealkylation sites (tertiary alicyclic amines) is 1. The van der Waals surface area contributed by atoms with Gasteiger partial charge in [-0.2, -0.15) is 0 Å². The summed E-state index contributed by atoms with van der Waals surface area (Å²) in [7, 11) is 1.51. The van der Waals surface area contributed by atoms with Gasteiger partial charge >= 0.3 is 0 Å². The fourth-order valence-electron chi connectivity index (χ4n) is 3.65. The molecular weight excluding hydrogens is 402 g/mol. The van der Waals surface area contributed by atoms with Gasteiger partial charge in [0, 0.05) is 23.4 Å². The number of H-pyrrole nitrogens is 1. The Kier molecular flexibility index (Phi) is 5.67. The van der Waals surface area contributed by atoms with Crippen molar-refractivity contribution >= 4 is 28.8 Å². The monoisotopic (exact) mass is 423 g/mol. The molecular formula is C22H21N3O4S. The molecule has 7 nitrogen and oxygen atoms in total. The van der Waals surface area contributed by atoms with Crippen molar-refractivity contribution in [2.45, 2.75) is 19.0 Å². The number of hydrogen-bond donors (Lipinski definition) is 1. The zero-order valence-electron chi connectivity index (χ0n) is 16.4. The molecule has 154 valence electrons. The fourth-order valence-corrected chi connectivity index (χ4v) is 4.49. The van der Waals surface area contributed by atoms with E-state index in [1.807, 2.05) is 40.8 Å². The van der Waals surface area contributed by atoms with Crippen LogP contribution in [0.25, 0.3) is 5.76 Å². The summed E-state index contributed by atoms with van der Waals surface area (Å²) in [4.78, 5) is 31.0. The first-order chi connectivity index (χ1) is 14.6. The Morgan fingerprint density at radius 1 is 1.30 bits per heavy atom. The number of Topliss-reactive ketones (excluding diaryl/α,β-unsaturated/α-hetero) is 1. The Bertz CT molecular complexity index is 1070. The molecule has 3 aromatic rings. The zero-order valence-corrected chi connectivity index (χ0v) is 17.2. The third kappa shape index (κ3) is 3.73. The molecule has 0 radical (unpaired) electrons. The van der Waals surface area contributed by atoms with Gasteiger partial charge in [0.2, 0.25) is 12.1 Å². The van der Waals surface area contributed by atoms with Crippen molar-refractivity contribution < 1.29 is 24.0 Å². The summed E-state index contributed by atoms with van der Waals surface area (Å²) in [6, 6.07) is 9.68. The smallest absolute Gasteiger partial charge is 0.295 e. The van der Waals surface area contributed by atoms with Crippen molar-refractivity contribution in [2.75, 3.05) is 13.7 Å². The number of hydrogen-bond acceptors (Lipinski definition) is 5. The number of imidazole rings is 1. The highest BCUT2D eigenvalue weighted by atomic mass is 32.1. The van der Waals surface area contributed by atoms with Crippen LogP contribution in [-0.4, -0.2) is 35.2 Å². The summed E-state index contributed by atoms with van der Waals surface area (Å²) in [5, 5.41) is 15.2. The molecule has 1 N–H and O–H groups in total. The van der Waals surface area contributed by atoms with E-state index in [2.05, 4.69) is 4.98 Å². The topological polar surface area (TPSA) is 89.3 Å². The maximum Gasteiger partial charge on any atom is 0.295 e. The average molecular weight is 423 g/mol. The number of carbonyl (C=O) groups excluding carboxylic acids is 2. The molecule has 8 heteroatoms. The lowest BCUT2D eigenvalue weighted by atomic mass is 9.99. The maximum atomic E-state index is 13.3. The van der Waals surface area contributed by atoms with E-state index in [0.29, 0.717) is 30.8 Å². The number of ketones is 1. The molecule has 0 bridgehead atoms. The molecule has 1 unspecified atom stereocenters. The standard InChI is InChI=1S/C22H21N3O4S/c1-29-16-6-2-5-15(13-16)20(26)18-19(17-7-3-12-30-17)25(22(28)21(18)27)10-4-9-24-11-8-23-14-24/h2-3,5-8,11-14,19H,4,9-10H2,1H3,(H,26,27). The van der Waals surface area contributed by atoms with Gasteiger partial charge in [-0.1, -0.05) is 24.0 Å². The number of carbonyl (C=O) groups is 2. The second-order valence-electron chi connectivity index (χ2n) is 6.92. The van der Waals surface area contributed by atoms with Crippen molar-refractivity contribution in [3.63, 3.8) is 0 Å². The van der Waals surface area contributed by atoms with Gasteiger partial charge in [0.1, 0.15) is 18.1 Å². The van der Waals surface area contributed by atoms with Crippen molar-refractivity contribution in [1.29, 1.82) is 0 Å². The van der Waals surface area contributed by atoms with E-state index < -0.39 is 23.5 Å². The first kappa shape index (κ1) is 19.9. The Morgan fingerprint density at radius 2 is 2.17 bits per heavy atom. The van der Waals surface area contributed by atoms with Crippen LogP contribution in [0.3, 0.4) is 0 Å². The van der Waals surface area contributed by atoms with Crippen molar-refractivity contribution in [3.8, 4) is 5.75 Å². The molecule has 0 spiro atoms. The highest BCUT2D eigenvalue weighted by Crippen LogP contribution is 2.40. The van der Waals surface area contributed by atoms with Crippen LogP contribution < -0.4 is 14.4 Å². The minimum Gasteiger partial charge on any atom is -0.872 e. The van der Waals surface area contributed by atoms with Gasteiger partial charge < -0.3 is 14.7 Å². The van der Waals surface area contributed by atoms with Crippen LogP contribution in [0.4, 0.5) is 0 Å². The van der Waals surface area contributed by atoms with Gasteiger partial charge in [0.15, 0.2) is 0 Å². The predicted molar refractivity (Wildman–Crippen MR) is 109 cm³/mol. The second kappa shape index (κ2) is 8.54. The molecule has 3 heterocycles. The Labute approximate surface area is 177 Å². The third-order valence-electron chi connectivity index (χ3n) is 5.09. The van der Waals surface area contributed by atoms with Gasteiger partial charge in [0.05, 0.1) is 19.7 Å².